The van der Waals surface area contributed by atoms with Gasteiger partial charge in [-0.05, 0) is 49.2 Å². The molecule has 1 N–H and O–H groups in total. The SMILES string of the molecule is CCN(CC)C(CNC(=O)C1CCN(S(=O)(=O)Cc2ccccc2)CC1)c1cccc(OC)c1. The molecule has 0 spiro atoms. The van der Waals surface area contributed by atoms with Crippen LogP contribution in [0, 0.1) is 5.92 Å². The lowest BCUT2D eigenvalue weighted by molar-refractivity contribution is -0.126. The third kappa shape index (κ3) is 6.81. The lowest BCUT2D eigenvalue weighted by atomic mass is 9.97. The maximum Gasteiger partial charge on any atom is 0.223 e. The number of sulfonamides is 1. The number of methoxy groups -OCH3 is 1. The minimum Gasteiger partial charge on any atom is -0.497 e. The fourth-order valence-electron chi connectivity index (χ4n) is 4.58. The topological polar surface area (TPSA) is 79.0 Å². The van der Waals surface area contributed by atoms with Gasteiger partial charge in [-0.1, -0.05) is 56.3 Å². The number of benzene rings is 2. The van der Waals surface area contributed by atoms with Crippen molar-refractivity contribution in [2.24, 2.45) is 5.92 Å². The summed E-state index contributed by atoms with van der Waals surface area (Å²) < 4.78 is 32.5. The van der Waals surface area contributed by atoms with Crippen LogP contribution in [0.2, 0.25) is 0 Å². The van der Waals surface area contributed by atoms with Crippen LogP contribution in [0.4, 0.5) is 0 Å². The van der Waals surface area contributed by atoms with E-state index in [1.165, 1.54) is 4.31 Å². The predicted molar refractivity (Wildman–Crippen MR) is 135 cm³/mol. The predicted octanol–water partition coefficient (Wildman–Crippen LogP) is 3.44. The van der Waals surface area contributed by atoms with Gasteiger partial charge in [0, 0.05) is 25.6 Å². The number of amides is 1. The summed E-state index contributed by atoms with van der Waals surface area (Å²) in [6.07, 6.45) is 1.07. The fraction of sp³-hybridized carbons (Fsp3) is 0.500. The summed E-state index contributed by atoms with van der Waals surface area (Å²) in [5.41, 5.74) is 1.88. The van der Waals surface area contributed by atoms with Crippen molar-refractivity contribution in [2.45, 2.75) is 38.5 Å². The molecule has 1 fully saturated rings. The highest BCUT2D eigenvalue weighted by Crippen LogP contribution is 2.25. The van der Waals surface area contributed by atoms with Crippen LogP contribution in [-0.2, 0) is 20.6 Å². The molecule has 0 aliphatic carbocycles. The van der Waals surface area contributed by atoms with E-state index in [4.69, 9.17) is 4.74 Å². The second-order valence-electron chi connectivity index (χ2n) is 8.67. The highest BCUT2D eigenvalue weighted by molar-refractivity contribution is 7.88. The summed E-state index contributed by atoms with van der Waals surface area (Å²) in [6.45, 7) is 7.22. The number of nitrogens with zero attached hydrogens (tertiary/aromatic N) is 2. The maximum absolute atomic E-state index is 13.0. The molecule has 1 atom stereocenters. The summed E-state index contributed by atoms with van der Waals surface area (Å²) in [4.78, 5) is 15.3. The Labute approximate surface area is 204 Å². The maximum atomic E-state index is 13.0. The van der Waals surface area contributed by atoms with Crippen molar-refractivity contribution in [3.8, 4) is 5.75 Å². The standard InChI is InChI=1S/C26H37N3O4S/c1-4-28(5-2)25(23-12-9-13-24(18-23)33-3)19-27-26(30)22-14-16-29(17-15-22)34(31,32)20-21-10-7-6-8-11-21/h6-13,18,22,25H,4-5,14-17,19-20H2,1-3H3,(H,27,30). The molecule has 1 saturated heterocycles. The van der Waals surface area contributed by atoms with Gasteiger partial charge >= 0.3 is 0 Å². The first-order valence-corrected chi connectivity index (χ1v) is 13.7. The van der Waals surface area contributed by atoms with E-state index in [1.807, 2.05) is 48.5 Å². The average molecular weight is 488 g/mol. The van der Waals surface area contributed by atoms with Gasteiger partial charge in [0.25, 0.3) is 0 Å². The van der Waals surface area contributed by atoms with Crippen LogP contribution in [0.1, 0.15) is 43.9 Å². The highest BCUT2D eigenvalue weighted by Gasteiger charge is 2.31. The Morgan fingerprint density at radius 1 is 1.09 bits per heavy atom. The van der Waals surface area contributed by atoms with Crippen LogP contribution in [0.5, 0.6) is 5.75 Å². The third-order valence-electron chi connectivity index (χ3n) is 6.61. The number of ether oxygens (including phenoxy) is 1. The molecule has 3 rings (SSSR count). The quantitative estimate of drug-likeness (QED) is 0.525. The third-order valence-corrected chi connectivity index (χ3v) is 8.46. The van der Waals surface area contributed by atoms with Crippen molar-refractivity contribution < 1.29 is 17.9 Å². The van der Waals surface area contributed by atoms with Gasteiger partial charge in [0.1, 0.15) is 5.75 Å². The number of carbonyl (C=O) groups is 1. The van der Waals surface area contributed by atoms with E-state index in [0.29, 0.717) is 32.5 Å². The second-order valence-corrected chi connectivity index (χ2v) is 10.6. The van der Waals surface area contributed by atoms with Gasteiger partial charge in [-0.15, -0.1) is 0 Å². The normalized spacial score (nSPS) is 16.4. The molecule has 1 aliphatic rings. The van der Waals surface area contributed by atoms with Gasteiger partial charge in [-0.25, -0.2) is 12.7 Å². The van der Waals surface area contributed by atoms with E-state index in [2.05, 4.69) is 30.1 Å². The number of piperidine rings is 1. The van der Waals surface area contributed by atoms with Crippen molar-refractivity contribution >= 4 is 15.9 Å². The van der Waals surface area contributed by atoms with Crippen molar-refractivity contribution in [3.63, 3.8) is 0 Å². The molecular weight excluding hydrogens is 450 g/mol. The molecule has 0 aromatic heterocycles. The van der Waals surface area contributed by atoms with E-state index < -0.39 is 10.0 Å². The molecule has 8 heteroatoms. The molecule has 1 aliphatic heterocycles. The van der Waals surface area contributed by atoms with Crippen LogP contribution in [-0.4, -0.2) is 63.4 Å². The first-order chi connectivity index (χ1) is 16.4. The number of nitrogens with one attached hydrogen (secondary N) is 1. The zero-order valence-electron chi connectivity index (χ0n) is 20.4. The average Bonchev–Trinajstić information content (AvgIpc) is 2.86. The van der Waals surface area contributed by atoms with Crippen LogP contribution >= 0.6 is 0 Å². The van der Waals surface area contributed by atoms with Gasteiger partial charge in [-0.3, -0.25) is 9.69 Å². The minimum absolute atomic E-state index is 0.000148. The second kappa shape index (κ2) is 12.3. The van der Waals surface area contributed by atoms with Crippen LogP contribution in [0.3, 0.4) is 0 Å². The minimum atomic E-state index is -3.39. The number of carbonyl (C=O) groups excluding carboxylic acids is 1. The molecule has 1 amide bonds. The van der Waals surface area contributed by atoms with Crippen molar-refractivity contribution in [3.05, 3.63) is 65.7 Å². The molecule has 1 unspecified atom stereocenters. The Balaban J connectivity index is 1.57. The van der Waals surface area contributed by atoms with Gasteiger partial charge in [0.2, 0.25) is 15.9 Å². The lowest BCUT2D eigenvalue weighted by Crippen LogP contribution is -2.45. The molecule has 2 aromatic rings. The van der Waals surface area contributed by atoms with E-state index in [0.717, 1.165) is 30.0 Å². The molecular formula is C26H37N3O4S. The summed E-state index contributed by atoms with van der Waals surface area (Å²) >= 11 is 0. The number of hydrogen-bond acceptors (Lipinski definition) is 5. The Hall–Kier alpha value is -2.42. The molecule has 186 valence electrons. The van der Waals surface area contributed by atoms with Crippen LogP contribution < -0.4 is 10.1 Å². The number of hydrogen-bond donors (Lipinski definition) is 1. The lowest BCUT2D eigenvalue weighted by Gasteiger charge is -2.33. The molecule has 0 radical (unpaired) electrons. The van der Waals surface area contributed by atoms with Gasteiger partial charge in [-0.2, -0.15) is 0 Å². The van der Waals surface area contributed by atoms with Crippen molar-refractivity contribution in [1.29, 1.82) is 0 Å². The Kier molecular flexibility index (Phi) is 9.50. The van der Waals surface area contributed by atoms with Gasteiger partial charge < -0.3 is 10.1 Å². The summed E-state index contributed by atoms with van der Waals surface area (Å²) in [7, 11) is -1.74. The summed E-state index contributed by atoms with van der Waals surface area (Å²) in [5.74, 6) is 0.618. The Bertz CT molecular complexity index is 1020. The smallest absolute Gasteiger partial charge is 0.223 e. The van der Waals surface area contributed by atoms with E-state index in [9.17, 15) is 13.2 Å². The van der Waals surface area contributed by atoms with Crippen molar-refractivity contribution in [2.75, 3.05) is 39.8 Å². The largest absolute Gasteiger partial charge is 0.497 e. The summed E-state index contributed by atoms with van der Waals surface area (Å²) in [5, 5.41) is 3.14. The zero-order chi connectivity index (χ0) is 24.6. The Morgan fingerprint density at radius 3 is 2.38 bits per heavy atom. The first-order valence-electron chi connectivity index (χ1n) is 12.0. The molecule has 34 heavy (non-hydrogen) atoms. The van der Waals surface area contributed by atoms with Gasteiger partial charge in [0.15, 0.2) is 0 Å². The van der Waals surface area contributed by atoms with E-state index in [1.54, 1.807) is 7.11 Å². The summed E-state index contributed by atoms with van der Waals surface area (Å²) in [6, 6.07) is 17.2. The zero-order valence-corrected chi connectivity index (χ0v) is 21.3. The first kappa shape index (κ1) is 26.2. The molecule has 2 aromatic carbocycles. The van der Waals surface area contributed by atoms with E-state index >= 15 is 0 Å². The van der Waals surface area contributed by atoms with Gasteiger partial charge in [0.05, 0.1) is 18.9 Å². The van der Waals surface area contributed by atoms with Crippen LogP contribution in [0.15, 0.2) is 54.6 Å². The molecule has 1 heterocycles. The molecule has 0 bridgehead atoms. The number of rotatable bonds is 11. The number of likely N-dealkylation sites (N-methyl/N-ethyl adjacent to an activating group) is 1. The monoisotopic (exact) mass is 487 g/mol. The van der Waals surface area contributed by atoms with Crippen molar-refractivity contribution in [1.82, 2.24) is 14.5 Å². The molecule has 0 saturated carbocycles. The molecule has 7 nitrogen and oxygen atoms in total. The Morgan fingerprint density at radius 2 is 1.76 bits per heavy atom. The highest BCUT2D eigenvalue weighted by atomic mass is 32.2. The van der Waals surface area contributed by atoms with E-state index in [-0.39, 0.29) is 23.6 Å². The fourth-order valence-corrected chi connectivity index (χ4v) is 6.15. The van der Waals surface area contributed by atoms with Crippen LogP contribution in [0.25, 0.3) is 0 Å².